The van der Waals surface area contributed by atoms with Gasteiger partial charge in [-0.2, -0.15) is 4.98 Å². The van der Waals surface area contributed by atoms with Gasteiger partial charge in [0.15, 0.2) is 5.82 Å². The summed E-state index contributed by atoms with van der Waals surface area (Å²) in [5, 5.41) is 12.9. The third-order valence-corrected chi connectivity index (χ3v) is 10.9. The molecule has 0 unspecified atom stereocenters. The lowest BCUT2D eigenvalue weighted by molar-refractivity contribution is -0.211. The van der Waals surface area contributed by atoms with E-state index in [0.29, 0.717) is 43.5 Å². The summed E-state index contributed by atoms with van der Waals surface area (Å²) in [6.45, 7) is 6.95. The number of amides is 1. The Morgan fingerprint density at radius 1 is 1.05 bits per heavy atom. The highest BCUT2D eigenvalue weighted by molar-refractivity contribution is 6.00. The quantitative estimate of drug-likeness (QED) is 0.313. The highest BCUT2D eigenvalue weighted by Gasteiger charge is 2.73. The average molecular weight is 560 g/mol. The third-order valence-electron chi connectivity index (χ3n) is 10.9. The van der Waals surface area contributed by atoms with Crippen molar-refractivity contribution in [1.29, 1.82) is 0 Å². The van der Waals surface area contributed by atoms with Crippen LogP contribution in [0.4, 0.5) is 10.1 Å². The summed E-state index contributed by atoms with van der Waals surface area (Å²) in [4.78, 5) is 21.0. The summed E-state index contributed by atoms with van der Waals surface area (Å²) in [6.07, 6.45) is 9.18. The fourth-order valence-electron chi connectivity index (χ4n) is 8.01. The van der Waals surface area contributed by atoms with Gasteiger partial charge in [-0.1, -0.05) is 32.0 Å². The summed E-state index contributed by atoms with van der Waals surface area (Å²) in [6, 6.07) is 7.91. The summed E-state index contributed by atoms with van der Waals surface area (Å²) < 4.78 is 26.4. The van der Waals surface area contributed by atoms with Gasteiger partial charge in [0.1, 0.15) is 5.67 Å². The molecule has 7 fully saturated rings. The molecule has 0 saturated heterocycles. The van der Waals surface area contributed by atoms with E-state index in [1.54, 1.807) is 0 Å². The first-order chi connectivity index (χ1) is 19.5. The molecule has 0 spiro atoms. The Balaban J connectivity index is 1.07. The van der Waals surface area contributed by atoms with E-state index in [2.05, 4.69) is 36.1 Å². The van der Waals surface area contributed by atoms with Gasteiger partial charge in [-0.25, -0.2) is 4.39 Å². The lowest BCUT2D eigenvalue weighted by Gasteiger charge is -2.65. The van der Waals surface area contributed by atoms with Gasteiger partial charge in [-0.05, 0) is 94.2 Å². The maximum absolute atomic E-state index is 14.6. The Morgan fingerprint density at radius 3 is 2.37 bits per heavy atom. The van der Waals surface area contributed by atoms with Crippen LogP contribution in [0.3, 0.4) is 0 Å². The number of rotatable bonds is 7. The Kier molecular flexibility index (Phi) is 5.15. The maximum atomic E-state index is 14.6. The number of hydrogen-bond acceptors (Lipinski definition) is 7. The number of halogens is 1. The van der Waals surface area contributed by atoms with Crippen LogP contribution in [0.2, 0.25) is 0 Å². The number of anilines is 1. The second-order valence-corrected chi connectivity index (χ2v) is 15.1. The summed E-state index contributed by atoms with van der Waals surface area (Å²) >= 11 is 0. The number of nitrogens with zero attached hydrogens (tertiary/aromatic N) is 5. The molecule has 3 aromatic rings. The smallest absolute Gasteiger partial charge is 0.247 e. The normalized spacial score (nSPS) is 33.8. The largest absolute Gasteiger partial charge is 0.420 e. The molecule has 2 aromatic heterocycles. The maximum Gasteiger partial charge on any atom is 0.247 e. The van der Waals surface area contributed by atoms with E-state index in [1.165, 1.54) is 0 Å². The Hall–Kier alpha value is -3.10. The molecule has 0 radical (unpaired) electrons. The van der Waals surface area contributed by atoms with Crippen molar-refractivity contribution >= 4 is 11.6 Å². The molecule has 7 aliphatic carbocycles. The minimum absolute atomic E-state index is 0.0147. The first-order valence-electron chi connectivity index (χ1n) is 15.3. The van der Waals surface area contributed by atoms with Crippen LogP contribution in [0.15, 0.2) is 33.2 Å². The highest BCUT2D eigenvalue weighted by atomic mass is 19.1. The lowest BCUT2D eigenvalue weighted by Crippen LogP contribution is -2.71. The first-order valence-corrected chi connectivity index (χ1v) is 15.3. The summed E-state index contributed by atoms with van der Waals surface area (Å²) in [5.74, 6) is 3.18. The number of carbonyl (C=O) groups excluding carboxylic acids is 1. The second kappa shape index (κ2) is 8.26. The molecule has 1 amide bonds. The summed E-state index contributed by atoms with van der Waals surface area (Å²) in [7, 11) is 0. The molecule has 9 heteroatoms. The Labute approximate surface area is 239 Å². The van der Waals surface area contributed by atoms with E-state index in [0.717, 1.165) is 74.3 Å². The first kappa shape index (κ1) is 25.6. The van der Waals surface area contributed by atoms with Crippen molar-refractivity contribution in [2.45, 2.75) is 114 Å². The van der Waals surface area contributed by atoms with Crippen molar-refractivity contribution < 1.29 is 18.1 Å². The van der Waals surface area contributed by atoms with Crippen LogP contribution in [0.5, 0.6) is 0 Å². The molecular formula is C32H38FN5O3. The van der Waals surface area contributed by atoms with Gasteiger partial charge >= 0.3 is 0 Å². The van der Waals surface area contributed by atoms with E-state index in [4.69, 9.17) is 13.9 Å². The van der Waals surface area contributed by atoms with Crippen LogP contribution in [0, 0.1) is 10.8 Å². The van der Waals surface area contributed by atoms with Crippen LogP contribution >= 0.6 is 0 Å². The van der Waals surface area contributed by atoms with E-state index in [1.807, 2.05) is 29.2 Å². The molecule has 216 valence electrons. The monoisotopic (exact) mass is 559 g/mol. The number of hydrogen-bond donors (Lipinski definition) is 0. The minimum Gasteiger partial charge on any atom is -0.420 e. The number of fused-ring (bicyclic) bond motifs is 3. The highest BCUT2D eigenvalue weighted by Crippen LogP contribution is 2.70. The van der Waals surface area contributed by atoms with Gasteiger partial charge in [-0.3, -0.25) is 4.79 Å². The predicted octanol–water partition coefficient (Wildman–Crippen LogP) is 6.81. The lowest BCUT2D eigenvalue weighted by atomic mass is 9.41. The van der Waals surface area contributed by atoms with E-state index < -0.39 is 11.1 Å². The minimum atomic E-state index is -1.13. The molecule has 4 bridgehead atoms. The summed E-state index contributed by atoms with van der Waals surface area (Å²) in [5.41, 5.74) is -0.240. The van der Waals surface area contributed by atoms with Crippen molar-refractivity contribution in [3.63, 3.8) is 0 Å². The van der Waals surface area contributed by atoms with Crippen molar-refractivity contribution in [2.24, 2.45) is 10.8 Å². The molecule has 8 nitrogen and oxygen atoms in total. The zero-order valence-electron chi connectivity index (χ0n) is 24.2. The second-order valence-electron chi connectivity index (χ2n) is 15.1. The number of benzene rings is 1. The molecular weight excluding hydrogens is 521 g/mol. The number of carbonyl (C=O) groups is 1. The molecule has 41 heavy (non-hydrogen) atoms. The topological polar surface area (TPSA) is 98.2 Å². The number of aromatic nitrogens is 4. The molecule has 0 N–H and O–H groups in total. The van der Waals surface area contributed by atoms with Crippen molar-refractivity contribution in [1.82, 2.24) is 20.3 Å². The Morgan fingerprint density at radius 2 is 1.76 bits per heavy atom. The fraction of sp³-hybridized carbons (Fsp3) is 0.656. The van der Waals surface area contributed by atoms with E-state index in [-0.39, 0.29) is 22.2 Å². The average Bonchev–Trinajstić information content (AvgIpc) is 3.43. The van der Waals surface area contributed by atoms with Gasteiger partial charge in [0, 0.05) is 34.5 Å². The zero-order chi connectivity index (χ0) is 28.3. The van der Waals surface area contributed by atoms with Gasteiger partial charge in [0.25, 0.3) is 0 Å². The predicted molar refractivity (Wildman–Crippen MR) is 149 cm³/mol. The molecule has 2 heterocycles. The fourth-order valence-corrected chi connectivity index (χ4v) is 8.01. The molecule has 7 saturated carbocycles. The van der Waals surface area contributed by atoms with E-state index in [9.17, 15) is 9.18 Å². The molecule has 7 aliphatic rings. The molecule has 0 atom stereocenters. The Bertz CT molecular complexity index is 1490. The molecule has 1 aromatic carbocycles. The SMILES string of the molecule is CC(C)(C)c1noc(C23CCC(CN(C(=O)C45CC(F)(C4)C5)c4cccc(-c5nnc(C6CC6)o5)c4)(CC2)CC3)n1. The number of alkyl halides is 1. The van der Waals surface area contributed by atoms with Gasteiger partial charge in [0.05, 0.1) is 5.41 Å². The third kappa shape index (κ3) is 4.01. The molecule has 10 rings (SSSR count). The van der Waals surface area contributed by atoms with E-state index >= 15 is 0 Å². The van der Waals surface area contributed by atoms with Crippen LogP contribution in [0.1, 0.15) is 115 Å². The van der Waals surface area contributed by atoms with Crippen LogP contribution in [-0.4, -0.2) is 38.5 Å². The zero-order valence-corrected chi connectivity index (χ0v) is 24.2. The van der Waals surface area contributed by atoms with Crippen molar-refractivity contribution in [3.05, 3.63) is 41.9 Å². The van der Waals surface area contributed by atoms with Gasteiger partial charge < -0.3 is 13.8 Å². The van der Waals surface area contributed by atoms with Gasteiger partial charge in [-0.15, -0.1) is 10.2 Å². The van der Waals surface area contributed by atoms with Crippen LogP contribution in [-0.2, 0) is 15.6 Å². The van der Waals surface area contributed by atoms with Crippen molar-refractivity contribution in [3.8, 4) is 11.5 Å². The standard InChI is InChI=1S/C32H38FN5O3/c1-28(2,3)25-34-26(41-37-25)30-12-9-29(10-13-30,11-14-30)19-38(27(39)31-16-32(33,17-31)18-31)22-6-4-5-21(15-22)24-36-35-23(40-24)20-7-8-20/h4-6,15,20H,7-14,16-19H2,1-3H3. The van der Waals surface area contributed by atoms with Crippen LogP contribution in [0.25, 0.3) is 11.5 Å². The van der Waals surface area contributed by atoms with Crippen molar-refractivity contribution in [2.75, 3.05) is 11.4 Å². The van der Waals surface area contributed by atoms with Gasteiger partial charge in [0.2, 0.25) is 23.6 Å². The van der Waals surface area contributed by atoms with Crippen LogP contribution < -0.4 is 4.90 Å². The molecule has 0 aliphatic heterocycles.